The molecule has 0 saturated heterocycles. The zero-order valence-corrected chi connectivity index (χ0v) is 15.2. The summed E-state index contributed by atoms with van der Waals surface area (Å²) in [5.74, 6) is 0. The van der Waals surface area contributed by atoms with Crippen LogP contribution in [0.5, 0.6) is 0 Å². The number of carbonyl (C=O) groups excluding carboxylic acids is 1. The number of benzene rings is 2. The number of fused-ring (bicyclic) bond motifs is 1. The highest BCUT2D eigenvalue weighted by Crippen LogP contribution is 2.33. The van der Waals surface area contributed by atoms with Crippen molar-refractivity contribution in [1.82, 2.24) is 4.98 Å². The molecule has 26 heavy (non-hydrogen) atoms. The molecular weight excluding hydrogens is 326 g/mol. The first kappa shape index (κ1) is 17.7. The van der Waals surface area contributed by atoms with Gasteiger partial charge in [0.1, 0.15) is 6.61 Å². The fourth-order valence-corrected chi connectivity index (χ4v) is 2.86. The van der Waals surface area contributed by atoms with Gasteiger partial charge in [-0.1, -0.05) is 30.3 Å². The number of aromatic nitrogens is 1. The summed E-state index contributed by atoms with van der Waals surface area (Å²) >= 11 is 0. The first-order chi connectivity index (χ1) is 12.5. The average Bonchev–Trinajstić information content (AvgIpc) is 2.63. The van der Waals surface area contributed by atoms with Crippen molar-refractivity contribution < 1.29 is 9.53 Å². The fourth-order valence-electron chi connectivity index (χ4n) is 2.86. The monoisotopic (exact) mass is 349 g/mol. The molecule has 3 rings (SSSR count). The van der Waals surface area contributed by atoms with Gasteiger partial charge in [0.05, 0.1) is 5.69 Å². The van der Waals surface area contributed by atoms with Gasteiger partial charge in [-0.05, 0) is 44.0 Å². The molecule has 0 aliphatic carbocycles. The van der Waals surface area contributed by atoms with Crippen molar-refractivity contribution in [3.05, 3.63) is 66.0 Å². The summed E-state index contributed by atoms with van der Waals surface area (Å²) in [7, 11) is 0. The third kappa shape index (κ3) is 4.11. The van der Waals surface area contributed by atoms with E-state index < -0.39 is 6.09 Å². The molecule has 0 spiro atoms. The van der Waals surface area contributed by atoms with Crippen LogP contribution in [0, 0.1) is 6.92 Å². The smallest absolute Gasteiger partial charge is 0.411 e. The minimum atomic E-state index is -0.473. The normalized spacial score (nSPS) is 10.8. The molecule has 0 unspecified atom stereocenters. The molecule has 1 heterocycles. The SMILES string of the molecule is Cc1cc(NC(C)C)c2cnccc2c1NC(=O)OCc1ccccc1. The zero-order chi connectivity index (χ0) is 18.5. The van der Waals surface area contributed by atoms with Gasteiger partial charge in [-0.3, -0.25) is 10.3 Å². The van der Waals surface area contributed by atoms with Crippen LogP contribution in [0.2, 0.25) is 0 Å². The predicted octanol–water partition coefficient (Wildman–Crippen LogP) is 5.11. The number of anilines is 2. The first-order valence-electron chi connectivity index (χ1n) is 8.66. The number of pyridine rings is 1. The van der Waals surface area contributed by atoms with E-state index in [1.165, 1.54) is 0 Å². The summed E-state index contributed by atoms with van der Waals surface area (Å²) in [4.78, 5) is 16.5. The van der Waals surface area contributed by atoms with Gasteiger partial charge in [-0.15, -0.1) is 0 Å². The second-order valence-electron chi connectivity index (χ2n) is 6.52. The van der Waals surface area contributed by atoms with Crippen LogP contribution in [-0.4, -0.2) is 17.1 Å². The van der Waals surface area contributed by atoms with E-state index in [1.807, 2.05) is 49.4 Å². The van der Waals surface area contributed by atoms with E-state index in [0.29, 0.717) is 6.04 Å². The van der Waals surface area contributed by atoms with E-state index in [0.717, 1.165) is 33.3 Å². The summed E-state index contributed by atoms with van der Waals surface area (Å²) in [5.41, 5.74) is 3.66. The number of nitrogens with one attached hydrogen (secondary N) is 2. The van der Waals surface area contributed by atoms with Gasteiger partial charge in [-0.2, -0.15) is 0 Å². The van der Waals surface area contributed by atoms with E-state index >= 15 is 0 Å². The second kappa shape index (κ2) is 7.87. The minimum absolute atomic E-state index is 0.234. The molecule has 0 aliphatic heterocycles. The number of aryl methyl sites for hydroxylation is 1. The topological polar surface area (TPSA) is 63.2 Å². The minimum Gasteiger partial charge on any atom is -0.444 e. The van der Waals surface area contributed by atoms with E-state index in [-0.39, 0.29) is 6.61 Å². The van der Waals surface area contributed by atoms with Crippen molar-refractivity contribution in [3.63, 3.8) is 0 Å². The van der Waals surface area contributed by atoms with Gasteiger partial charge in [0, 0.05) is 34.9 Å². The molecule has 0 aliphatic rings. The molecule has 0 radical (unpaired) electrons. The van der Waals surface area contributed by atoms with Crippen molar-refractivity contribution in [1.29, 1.82) is 0 Å². The van der Waals surface area contributed by atoms with Crippen molar-refractivity contribution in [2.75, 3.05) is 10.6 Å². The maximum Gasteiger partial charge on any atom is 0.411 e. The molecule has 1 amide bonds. The van der Waals surface area contributed by atoms with Gasteiger partial charge in [0.15, 0.2) is 0 Å². The number of nitrogens with zero attached hydrogens (tertiary/aromatic N) is 1. The van der Waals surface area contributed by atoms with E-state index in [2.05, 4.69) is 29.5 Å². The van der Waals surface area contributed by atoms with Gasteiger partial charge in [0.25, 0.3) is 0 Å². The van der Waals surface area contributed by atoms with Crippen molar-refractivity contribution >= 4 is 28.2 Å². The lowest BCUT2D eigenvalue weighted by Crippen LogP contribution is -2.15. The molecule has 134 valence electrons. The Kier molecular flexibility index (Phi) is 5.37. The molecule has 5 nitrogen and oxygen atoms in total. The Balaban J connectivity index is 1.83. The Bertz CT molecular complexity index is 908. The summed E-state index contributed by atoms with van der Waals surface area (Å²) < 4.78 is 5.35. The highest BCUT2D eigenvalue weighted by Gasteiger charge is 2.13. The molecule has 3 aromatic rings. The van der Waals surface area contributed by atoms with Crippen molar-refractivity contribution in [3.8, 4) is 0 Å². The summed E-state index contributed by atoms with van der Waals surface area (Å²) in [6.45, 7) is 6.38. The molecule has 0 fully saturated rings. The van der Waals surface area contributed by atoms with Crippen molar-refractivity contribution in [2.45, 2.75) is 33.4 Å². The van der Waals surface area contributed by atoms with Crippen LogP contribution in [-0.2, 0) is 11.3 Å². The number of amides is 1. The van der Waals surface area contributed by atoms with Crippen molar-refractivity contribution in [2.24, 2.45) is 0 Å². The van der Waals surface area contributed by atoms with Gasteiger partial charge >= 0.3 is 6.09 Å². The van der Waals surface area contributed by atoms with E-state index in [1.54, 1.807) is 12.4 Å². The maximum atomic E-state index is 12.3. The third-order valence-corrected chi connectivity index (χ3v) is 4.02. The van der Waals surface area contributed by atoms with Crippen LogP contribution in [0.15, 0.2) is 54.9 Å². The Morgan fingerprint density at radius 2 is 1.92 bits per heavy atom. The number of carbonyl (C=O) groups is 1. The van der Waals surface area contributed by atoms with E-state index in [9.17, 15) is 4.79 Å². The van der Waals surface area contributed by atoms with Gasteiger partial charge in [0.2, 0.25) is 0 Å². The molecule has 0 saturated carbocycles. The summed E-state index contributed by atoms with van der Waals surface area (Å²) in [6.07, 6.45) is 3.06. The lowest BCUT2D eigenvalue weighted by molar-refractivity contribution is 0.155. The molecular formula is C21H23N3O2. The Morgan fingerprint density at radius 1 is 1.15 bits per heavy atom. The largest absolute Gasteiger partial charge is 0.444 e. The van der Waals surface area contributed by atoms with Crippen LogP contribution < -0.4 is 10.6 Å². The highest BCUT2D eigenvalue weighted by molar-refractivity contribution is 6.06. The van der Waals surface area contributed by atoms with Crippen LogP contribution >= 0.6 is 0 Å². The quantitative estimate of drug-likeness (QED) is 0.672. The number of hydrogen-bond acceptors (Lipinski definition) is 4. The molecule has 0 atom stereocenters. The summed E-state index contributed by atoms with van der Waals surface area (Å²) in [6, 6.07) is 13.8. The Labute approximate surface area is 153 Å². The van der Waals surface area contributed by atoms with Gasteiger partial charge < -0.3 is 10.1 Å². The van der Waals surface area contributed by atoms with Crippen LogP contribution in [0.1, 0.15) is 25.0 Å². The number of rotatable bonds is 5. The molecule has 1 aromatic heterocycles. The number of hydrogen-bond donors (Lipinski definition) is 2. The zero-order valence-electron chi connectivity index (χ0n) is 15.2. The van der Waals surface area contributed by atoms with Crippen LogP contribution in [0.4, 0.5) is 16.2 Å². The Hall–Kier alpha value is -3.08. The average molecular weight is 349 g/mol. The lowest BCUT2D eigenvalue weighted by atomic mass is 10.0. The standard InChI is InChI=1S/C21H23N3O2/c1-14(2)23-19-11-15(3)20(17-9-10-22-12-18(17)19)24-21(25)26-13-16-7-5-4-6-8-16/h4-12,14,23H,13H2,1-3H3,(H,24,25). The highest BCUT2D eigenvalue weighted by atomic mass is 16.5. The lowest BCUT2D eigenvalue weighted by Gasteiger charge is -2.18. The Morgan fingerprint density at radius 3 is 2.65 bits per heavy atom. The molecule has 5 heteroatoms. The van der Waals surface area contributed by atoms with E-state index in [4.69, 9.17) is 4.74 Å². The second-order valence-corrected chi connectivity index (χ2v) is 6.52. The predicted molar refractivity (Wildman–Crippen MR) is 105 cm³/mol. The van der Waals surface area contributed by atoms with Crippen LogP contribution in [0.3, 0.4) is 0 Å². The molecule has 2 N–H and O–H groups in total. The molecule has 0 bridgehead atoms. The fraction of sp³-hybridized carbons (Fsp3) is 0.238. The third-order valence-electron chi connectivity index (χ3n) is 4.02. The van der Waals surface area contributed by atoms with Gasteiger partial charge in [-0.25, -0.2) is 4.79 Å². The molecule has 2 aromatic carbocycles. The summed E-state index contributed by atoms with van der Waals surface area (Å²) in [5, 5.41) is 8.21. The first-order valence-corrected chi connectivity index (χ1v) is 8.66. The maximum absolute atomic E-state index is 12.3. The number of ether oxygens (including phenoxy) is 1. The van der Waals surface area contributed by atoms with Crippen LogP contribution in [0.25, 0.3) is 10.8 Å².